The van der Waals surface area contributed by atoms with E-state index in [1.54, 1.807) is 6.92 Å². The van der Waals surface area contributed by atoms with Crippen LogP contribution in [0.2, 0.25) is 0 Å². The van der Waals surface area contributed by atoms with Gasteiger partial charge in [0.25, 0.3) is 0 Å². The zero-order chi connectivity index (χ0) is 10.4. The van der Waals surface area contributed by atoms with Gasteiger partial charge in [0.15, 0.2) is 5.12 Å². The lowest BCUT2D eigenvalue weighted by Gasteiger charge is -1.93. The van der Waals surface area contributed by atoms with Gasteiger partial charge in [0.1, 0.15) is 0 Å². The van der Waals surface area contributed by atoms with Gasteiger partial charge in [-0.3, -0.25) is 4.79 Å². The second kappa shape index (κ2) is 5.94. The standard InChI is InChI=1S/C11H12OS2/c1-9(12)14-8-2-3-10-4-6-11(13)7-5-10/h2-7,13H,8H2,1H3. The number of carbonyl (C=O) groups excluding carboxylic acids is 1. The van der Waals surface area contributed by atoms with Crippen molar-refractivity contribution in [3.63, 3.8) is 0 Å². The molecule has 0 aliphatic carbocycles. The summed E-state index contributed by atoms with van der Waals surface area (Å²) in [6.45, 7) is 1.58. The van der Waals surface area contributed by atoms with Crippen molar-refractivity contribution in [1.82, 2.24) is 0 Å². The minimum atomic E-state index is 0.153. The number of hydrogen-bond donors (Lipinski definition) is 1. The van der Waals surface area contributed by atoms with Crippen molar-refractivity contribution in [3.05, 3.63) is 35.9 Å². The summed E-state index contributed by atoms with van der Waals surface area (Å²) >= 11 is 5.51. The molecule has 0 unspecified atom stereocenters. The molecule has 0 aliphatic rings. The first-order valence-electron chi connectivity index (χ1n) is 4.27. The SMILES string of the molecule is CC(=O)SCC=Cc1ccc(S)cc1. The second-order valence-corrected chi connectivity index (χ2v) is 4.51. The Bertz CT molecular complexity index is 328. The van der Waals surface area contributed by atoms with E-state index in [2.05, 4.69) is 12.6 Å². The van der Waals surface area contributed by atoms with E-state index in [-0.39, 0.29) is 5.12 Å². The summed E-state index contributed by atoms with van der Waals surface area (Å²) in [5, 5.41) is 0.153. The first kappa shape index (κ1) is 11.4. The van der Waals surface area contributed by atoms with E-state index < -0.39 is 0 Å². The lowest BCUT2D eigenvalue weighted by molar-refractivity contribution is -0.109. The summed E-state index contributed by atoms with van der Waals surface area (Å²) in [6, 6.07) is 7.89. The van der Waals surface area contributed by atoms with Gasteiger partial charge in [-0.05, 0) is 17.7 Å². The molecule has 1 nitrogen and oxygen atoms in total. The molecule has 0 aromatic heterocycles. The molecule has 0 heterocycles. The summed E-state index contributed by atoms with van der Waals surface area (Å²) in [4.78, 5) is 11.6. The highest BCUT2D eigenvalue weighted by Crippen LogP contribution is 2.10. The predicted molar refractivity (Wildman–Crippen MR) is 65.9 cm³/mol. The van der Waals surface area contributed by atoms with Crippen LogP contribution in [-0.2, 0) is 4.79 Å². The highest BCUT2D eigenvalue weighted by atomic mass is 32.2. The largest absolute Gasteiger partial charge is 0.288 e. The van der Waals surface area contributed by atoms with Gasteiger partial charge in [-0.25, -0.2) is 0 Å². The summed E-state index contributed by atoms with van der Waals surface area (Å²) in [5.74, 6) is 0.734. The van der Waals surface area contributed by atoms with Crippen molar-refractivity contribution < 1.29 is 4.79 Å². The lowest BCUT2D eigenvalue weighted by Crippen LogP contribution is -1.81. The van der Waals surface area contributed by atoms with Crippen LogP contribution in [0.1, 0.15) is 12.5 Å². The minimum Gasteiger partial charge on any atom is -0.288 e. The quantitative estimate of drug-likeness (QED) is 0.794. The summed E-state index contributed by atoms with van der Waals surface area (Å²) in [7, 11) is 0. The third-order valence-electron chi connectivity index (χ3n) is 1.59. The lowest BCUT2D eigenvalue weighted by atomic mass is 10.2. The molecule has 0 N–H and O–H groups in total. The summed E-state index contributed by atoms with van der Waals surface area (Å²) < 4.78 is 0. The minimum absolute atomic E-state index is 0.153. The molecule has 0 saturated heterocycles. The van der Waals surface area contributed by atoms with E-state index in [1.807, 2.05) is 36.4 Å². The molecule has 1 aromatic carbocycles. The van der Waals surface area contributed by atoms with E-state index in [0.29, 0.717) is 0 Å². The first-order valence-corrected chi connectivity index (χ1v) is 5.70. The van der Waals surface area contributed by atoms with Crippen LogP contribution in [0.15, 0.2) is 35.2 Å². The highest BCUT2D eigenvalue weighted by molar-refractivity contribution is 8.13. The monoisotopic (exact) mass is 224 g/mol. The zero-order valence-corrected chi connectivity index (χ0v) is 9.65. The van der Waals surface area contributed by atoms with Gasteiger partial charge in [0.05, 0.1) is 0 Å². The Hall–Kier alpha value is -0.670. The Kier molecular flexibility index (Phi) is 4.84. The maximum Gasteiger partial charge on any atom is 0.186 e. The van der Waals surface area contributed by atoms with E-state index in [1.165, 1.54) is 11.8 Å². The van der Waals surface area contributed by atoms with E-state index in [4.69, 9.17) is 0 Å². The zero-order valence-electron chi connectivity index (χ0n) is 7.93. The Morgan fingerprint density at radius 2 is 2.07 bits per heavy atom. The van der Waals surface area contributed by atoms with Gasteiger partial charge in [-0.15, -0.1) is 12.6 Å². The van der Waals surface area contributed by atoms with Gasteiger partial charge in [-0.2, -0.15) is 0 Å². The van der Waals surface area contributed by atoms with Crippen molar-refractivity contribution in [3.8, 4) is 0 Å². The molecule has 3 heteroatoms. The molecule has 1 aromatic rings. The molecular weight excluding hydrogens is 212 g/mol. The Labute approximate surface area is 94.0 Å². The molecule has 0 bridgehead atoms. The van der Waals surface area contributed by atoms with Crippen LogP contribution >= 0.6 is 24.4 Å². The van der Waals surface area contributed by atoms with Crippen LogP contribution < -0.4 is 0 Å². The molecule has 0 amide bonds. The summed E-state index contributed by atoms with van der Waals surface area (Å²) in [5.41, 5.74) is 1.13. The van der Waals surface area contributed by atoms with Crippen molar-refractivity contribution in [2.45, 2.75) is 11.8 Å². The number of hydrogen-bond acceptors (Lipinski definition) is 3. The third-order valence-corrected chi connectivity index (χ3v) is 2.65. The van der Waals surface area contributed by atoms with Gasteiger partial charge in [0.2, 0.25) is 0 Å². The van der Waals surface area contributed by atoms with Gasteiger partial charge in [0, 0.05) is 17.6 Å². The molecule has 14 heavy (non-hydrogen) atoms. The smallest absolute Gasteiger partial charge is 0.186 e. The molecule has 0 spiro atoms. The fourth-order valence-electron chi connectivity index (χ4n) is 0.935. The molecule has 0 fully saturated rings. The van der Waals surface area contributed by atoms with E-state index in [9.17, 15) is 4.79 Å². The Morgan fingerprint density at radius 3 is 2.64 bits per heavy atom. The highest BCUT2D eigenvalue weighted by Gasteiger charge is 1.90. The number of thioether (sulfide) groups is 1. The molecule has 0 saturated carbocycles. The van der Waals surface area contributed by atoms with Gasteiger partial charge < -0.3 is 0 Å². The third kappa shape index (κ3) is 4.53. The maximum absolute atomic E-state index is 10.6. The van der Waals surface area contributed by atoms with Crippen LogP contribution in [0.4, 0.5) is 0 Å². The maximum atomic E-state index is 10.6. The molecule has 1 rings (SSSR count). The molecule has 0 atom stereocenters. The van der Waals surface area contributed by atoms with Gasteiger partial charge in [-0.1, -0.05) is 36.0 Å². The van der Waals surface area contributed by atoms with Crippen LogP contribution in [-0.4, -0.2) is 10.9 Å². The van der Waals surface area contributed by atoms with Gasteiger partial charge >= 0.3 is 0 Å². The number of rotatable bonds is 3. The first-order chi connectivity index (χ1) is 6.68. The Balaban J connectivity index is 2.44. The fraction of sp³-hybridized carbons (Fsp3) is 0.182. The van der Waals surface area contributed by atoms with Crippen LogP contribution in [0.5, 0.6) is 0 Å². The van der Waals surface area contributed by atoms with Crippen LogP contribution in [0.25, 0.3) is 6.08 Å². The number of carbonyl (C=O) groups is 1. The molecule has 0 aliphatic heterocycles. The molecule has 74 valence electrons. The van der Waals surface area contributed by atoms with Crippen molar-refractivity contribution in [2.75, 3.05) is 5.75 Å². The average molecular weight is 224 g/mol. The normalized spacial score (nSPS) is 10.7. The van der Waals surface area contributed by atoms with Crippen LogP contribution in [0, 0.1) is 0 Å². The molecular formula is C11H12OS2. The van der Waals surface area contributed by atoms with E-state index in [0.717, 1.165) is 16.2 Å². The predicted octanol–water partition coefficient (Wildman–Crippen LogP) is 3.27. The second-order valence-electron chi connectivity index (χ2n) is 2.80. The van der Waals surface area contributed by atoms with E-state index >= 15 is 0 Å². The Morgan fingerprint density at radius 1 is 1.43 bits per heavy atom. The van der Waals surface area contributed by atoms with Crippen molar-refractivity contribution >= 4 is 35.6 Å². The fourth-order valence-corrected chi connectivity index (χ4v) is 1.51. The number of benzene rings is 1. The topological polar surface area (TPSA) is 17.1 Å². The average Bonchev–Trinajstić information content (AvgIpc) is 2.15. The van der Waals surface area contributed by atoms with Crippen LogP contribution in [0.3, 0.4) is 0 Å². The van der Waals surface area contributed by atoms with Crippen molar-refractivity contribution in [1.29, 1.82) is 0 Å². The van der Waals surface area contributed by atoms with Crippen molar-refractivity contribution in [2.24, 2.45) is 0 Å². The summed E-state index contributed by atoms with van der Waals surface area (Å²) in [6.07, 6.45) is 3.99. The number of thiol groups is 1. The molecule has 0 radical (unpaired) electrons.